The highest BCUT2D eigenvalue weighted by atomic mass is 35.5. The Labute approximate surface area is 158 Å². The van der Waals surface area contributed by atoms with E-state index in [-0.39, 0.29) is 5.75 Å². The van der Waals surface area contributed by atoms with E-state index in [0.717, 1.165) is 11.5 Å². The zero-order valence-electron chi connectivity index (χ0n) is 14.4. The topological polar surface area (TPSA) is 66.4 Å². The van der Waals surface area contributed by atoms with Crippen LogP contribution in [0.5, 0.6) is 0 Å². The fourth-order valence-corrected chi connectivity index (χ4v) is 4.94. The Morgan fingerprint density at radius 2 is 1.81 bits per heavy atom. The zero-order chi connectivity index (χ0) is 18.1. The van der Waals surface area contributed by atoms with E-state index in [0.29, 0.717) is 42.7 Å². The summed E-state index contributed by atoms with van der Waals surface area (Å²) in [5.41, 5.74) is 1.78. The lowest BCUT2D eigenvalue weighted by Crippen LogP contribution is -2.49. The van der Waals surface area contributed by atoms with Gasteiger partial charge in [0.1, 0.15) is 0 Å². The van der Waals surface area contributed by atoms with E-state index >= 15 is 0 Å². The summed E-state index contributed by atoms with van der Waals surface area (Å²) >= 11 is 5.95. The van der Waals surface area contributed by atoms with Crippen molar-refractivity contribution in [2.75, 3.05) is 31.1 Å². The lowest BCUT2D eigenvalue weighted by Gasteiger charge is -2.34. The van der Waals surface area contributed by atoms with E-state index in [1.807, 2.05) is 12.1 Å². The molecule has 0 bridgehead atoms. The Morgan fingerprint density at radius 1 is 1.04 bits per heavy atom. The molecule has 26 heavy (non-hydrogen) atoms. The van der Waals surface area contributed by atoms with Gasteiger partial charge in [0.25, 0.3) is 0 Å². The molecule has 6 nitrogen and oxygen atoms in total. The molecule has 138 valence electrons. The first-order valence-corrected chi connectivity index (χ1v) is 10.8. The highest BCUT2D eigenvalue weighted by Crippen LogP contribution is 2.38. The van der Waals surface area contributed by atoms with Crippen molar-refractivity contribution in [3.63, 3.8) is 0 Å². The second-order valence-electron chi connectivity index (χ2n) is 6.86. The van der Waals surface area contributed by atoms with Crippen LogP contribution in [-0.4, -0.2) is 49.1 Å². The van der Waals surface area contributed by atoms with Crippen molar-refractivity contribution in [1.29, 1.82) is 0 Å². The number of sulfonamides is 1. The van der Waals surface area contributed by atoms with Gasteiger partial charge in [-0.25, -0.2) is 8.42 Å². The Hall–Kier alpha value is -1.70. The monoisotopic (exact) mass is 392 g/mol. The number of hydrogen-bond donors (Lipinski definition) is 0. The summed E-state index contributed by atoms with van der Waals surface area (Å²) in [5.74, 6) is 1.38. The molecule has 8 heteroatoms. The van der Waals surface area contributed by atoms with Gasteiger partial charge >= 0.3 is 0 Å². The molecule has 0 spiro atoms. The van der Waals surface area contributed by atoms with Gasteiger partial charge in [0.15, 0.2) is 5.82 Å². The van der Waals surface area contributed by atoms with Gasteiger partial charge in [0.2, 0.25) is 10.0 Å². The van der Waals surface area contributed by atoms with Gasteiger partial charge < -0.3 is 4.90 Å². The molecule has 1 aliphatic heterocycles. The molecule has 4 rings (SSSR count). The van der Waals surface area contributed by atoms with Gasteiger partial charge in [-0.1, -0.05) is 23.7 Å². The minimum absolute atomic E-state index is 0.0244. The average molecular weight is 393 g/mol. The van der Waals surface area contributed by atoms with Crippen LogP contribution in [0.4, 0.5) is 5.82 Å². The summed E-state index contributed by atoms with van der Waals surface area (Å²) in [5, 5.41) is 9.18. The maximum atomic E-state index is 12.7. The van der Waals surface area contributed by atoms with Crippen LogP contribution >= 0.6 is 11.6 Å². The predicted molar refractivity (Wildman–Crippen MR) is 102 cm³/mol. The molecular weight excluding hydrogens is 372 g/mol. The number of anilines is 1. The maximum Gasteiger partial charge on any atom is 0.218 e. The molecular formula is C18H21ClN4O2S. The van der Waals surface area contributed by atoms with Crippen LogP contribution in [0.15, 0.2) is 36.4 Å². The quantitative estimate of drug-likeness (QED) is 0.782. The molecule has 1 aromatic heterocycles. The SMILES string of the molecule is O=S(=O)(Cc1cccc(Cl)c1)N1CCN(c2ccc(C3CC3)nn2)CC1. The van der Waals surface area contributed by atoms with Crippen LogP contribution in [0, 0.1) is 0 Å². The lowest BCUT2D eigenvalue weighted by molar-refractivity contribution is 0.383. The fourth-order valence-electron chi connectivity index (χ4n) is 3.23. The number of hydrogen-bond acceptors (Lipinski definition) is 5. The number of aromatic nitrogens is 2. The number of rotatable bonds is 5. The average Bonchev–Trinajstić information content (AvgIpc) is 3.47. The van der Waals surface area contributed by atoms with Crippen LogP contribution in [0.3, 0.4) is 0 Å². The third-order valence-corrected chi connectivity index (χ3v) is 6.95. The molecule has 1 aliphatic carbocycles. The van der Waals surface area contributed by atoms with E-state index in [4.69, 9.17) is 11.6 Å². The molecule has 2 aromatic rings. The first-order valence-electron chi connectivity index (χ1n) is 8.82. The van der Waals surface area contributed by atoms with Crippen molar-refractivity contribution in [2.45, 2.75) is 24.5 Å². The molecule has 1 saturated carbocycles. The second kappa shape index (κ2) is 7.13. The van der Waals surface area contributed by atoms with E-state index in [1.54, 1.807) is 28.6 Å². The molecule has 2 fully saturated rings. The molecule has 2 aliphatic rings. The molecule has 1 saturated heterocycles. The molecule has 0 N–H and O–H groups in total. The van der Waals surface area contributed by atoms with E-state index in [2.05, 4.69) is 15.1 Å². The van der Waals surface area contributed by atoms with Crippen molar-refractivity contribution in [1.82, 2.24) is 14.5 Å². The van der Waals surface area contributed by atoms with Crippen molar-refractivity contribution < 1.29 is 8.42 Å². The van der Waals surface area contributed by atoms with Crippen LogP contribution in [-0.2, 0) is 15.8 Å². The molecule has 0 amide bonds. The summed E-state index contributed by atoms with van der Waals surface area (Å²) in [6.45, 7) is 2.14. The summed E-state index contributed by atoms with van der Waals surface area (Å²) in [4.78, 5) is 2.09. The van der Waals surface area contributed by atoms with Gasteiger partial charge in [0, 0.05) is 37.1 Å². The van der Waals surface area contributed by atoms with Gasteiger partial charge in [-0.2, -0.15) is 9.40 Å². The van der Waals surface area contributed by atoms with Gasteiger partial charge in [-0.3, -0.25) is 0 Å². The first kappa shape index (κ1) is 17.7. The maximum absolute atomic E-state index is 12.7. The molecule has 0 radical (unpaired) electrons. The van der Waals surface area contributed by atoms with Gasteiger partial charge in [-0.15, -0.1) is 5.10 Å². The smallest absolute Gasteiger partial charge is 0.218 e. The number of nitrogens with zero attached hydrogens (tertiary/aromatic N) is 4. The molecule has 2 heterocycles. The van der Waals surface area contributed by atoms with Crippen molar-refractivity contribution in [3.05, 3.63) is 52.7 Å². The van der Waals surface area contributed by atoms with E-state index in [9.17, 15) is 8.42 Å². The van der Waals surface area contributed by atoms with E-state index < -0.39 is 10.0 Å². The van der Waals surface area contributed by atoms with Crippen LogP contribution in [0.1, 0.15) is 30.0 Å². The largest absolute Gasteiger partial charge is 0.352 e. The molecule has 0 unspecified atom stereocenters. The number of benzene rings is 1. The van der Waals surface area contributed by atoms with Crippen molar-refractivity contribution in [3.8, 4) is 0 Å². The van der Waals surface area contributed by atoms with E-state index in [1.165, 1.54) is 12.8 Å². The third kappa shape index (κ3) is 4.00. The first-order chi connectivity index (χ1) is 12.5. The standard InChI is InChI=1S/C18H21ClN4O2S/c19-16-3-1-2-14(12-16)13-26(24,25)23-10-8-22(9-11-23)18-7-6-17(20-21-18)15-4-5-15/h1-3,6-7,12,15H,4-5,8-11,13H2. The van der Waals surface area contributed by atoms with Crippen LogP contribution < -0.4 is 4.90 Å². The minimum atomic E-state index is -3.36. The Balaban J connectivity index is 1.37. The molecule has 0 atom stereocenters. The highest BCUT2D eigenvalue weighted by molar-refractivity contribution is 7.88. The Morgan fingerprint density at radius 3 is 2.42 bits per heavy atom. The third-order valence-electron chi connectivity index (χ3n) is 4.86. The van der Waals surface area contributed by atoms with Crippen LogP contribution in [0.25, 0.3) is 0 Å². The molecule has 1 aromatic carbocycles. The summed E-state index contributed by atoms with van der Waals surface area (Å²) in [6.07, 6.45) is 2.41. The van der Waals surface area contributed by atoms with Gasteiger partial charge in [0.05, 0.1) is 11.4 Å². The van der Waals surface area contributed by atoms with Crippen molar-refractivity contribution in [2.24, 2.45) is 0 Å². The lowest BCUT2D eigenvalue weighted by atomic mass is 10.2. The predicted octanol–water partition coefficient (Wildman–Crippen LogP) is 2.66. The zero-order valence-corrected chi connectivity index (χ0v) is 16.0. The van der Waals surface area contributed by atoms with Crippen LogP contribution in [0.2, 0.25) is 5.02 Å². The minimum Gasteiger partial charge on any atom is -0.352 e. The summed E-state index contributed by atoms with van der Waals surface area (Å²) in [7, 11) is -3.36. The van der Waals surface area contributed by atoms with Crippen molar-refractivity contribution >= 4 is 27.4 Å². The number of piperazine rings is 1. The Kier molecular flexibility index (Phi) is 4.86. The highest BCUT2D eigenvalue weighted by Gasteiger charge is 2.29. The number of halogens is 1. The Bertz CT molecular complexity index is 876. The normalized spacial score (nSPS) is 18.9. The second-order valence-corrected chi connectivity index (χ2v) is 9.27. The van der Waals surface area contributed by atoms with Gasteiger partial charge in [-0.05, 0) is 42.7 Å². The fraction of sp³-hybridized carbons (Fsp3) is 0.444. The summed E-state index contributed by atoms with van der Waals surface area (Å²) < 4.78 is 26.9. The summed E-state index contributed by atoms with van der Waals surface area (Å²) in [6, 6.07) is 11.0.